The van der Waals surface area contributed by atoms with Crippen molar-refractivity contribution < 1.29 is 13.9 Å². The zero-order chi connectivity index (χ0) is 16.3. The molecule has 1 amide bonds. The first-order chi connectivity index (χ1) is 10.2. The van der Waals surface area contributed by atoms with E-state index >= 15 is 0 Å². The molecule has 0 unspecified atom stereocenters. The highest BCUT2D eigenvalue weighted by atomic mass is 32.1. The summed E-state index contributed by atoms with van der Waals surface area (Å²) in [6.45, 7) is 5.74. The van der Waals surface area contributed by atoms with Crippen LogP contribution in [0, 0.1) is 5.82 Å². The molecular formula is C15H18FN3O2S. The topological polar surface area (TPSA) is 77.2 Å². The molecule has 0 radical (unpaired) electrons. The van der Waals surface area contributed by atoms with Gasteiger partial charge in [-0.15, -0.1) is 0 Å². The summed E-state index contributed by atoms with van der Waals surface area (Å²) in [5, 5.41) is 4.95. The minimum atomic E-state index is -0.543. The van der Waals surface area contributed by atoms with Gasteiger partial charge in [0.15, 0.2) is 0 Å². The van der Waals surface area contributed by atoms with Crippen molar-refractivity contribution in [1.82, 2.24) is 10.3 Å². The second-order valence-electron chi connectivity index (χ2n) is 5.87. The predicted molar refractivity (Wildman–Crippen MR) is 84.6 cm³/mol. The van der Waals surface area contributed by atoms with Gasteiger partial charge in [0, 0.05) is 17.0 Å². The Kier molecular flexibility index (Phi) is 4.65. The third-order valence-electron chi connectivity index (χ3n) is 2.56. The van der Waals surface area contributed by atoms with Crippen LogP contribution in [0.2, 0.25) is 0 Å². The van der Waals surface area contributed by atoms with E-state index < -0.39 is 5.82 Å². The molecule has 0 saturated carbocycles. The number of nitrogens with two attached hydrogens (primary N) is 1. The number of benzene rings is 1. The molecule has 0 saturated heterocycles. The van der Waals surface area contributed by atoms with Crippen LogP contribution in [0.25, 0.3) is 0 Å². The lowest BCUT2D eigenvalue weighted by Gasteiger charge is -2.19. The number of nitrogens with one attached hydrogen (secondary N) is 1. The van der Waals surface area contributed by atoms with Gasteiger partial charge in [-0.2, -0.15) is 0 Å². The van der Waals surface area contributed by atoms with Gasteiger partial charge >= 0.3 is 0 Å². The summed E-state index contributed by atoms with van der Waals surface area (Å²) in [7, 11) is 0. The van der Waals surface area contributed by atoms with E-state index in [9.17, 15) is 9.18 Å². The lowest BCUT2D eigenvalue weighted by molar-refractivity contribution is -0.121. The van der Waals surface area contributed by atoms with Crippen LogP contribution in [0.5, 0.6) is 10.9 Å². The molecule has 2 aromatic rings. The number of carbonyl (C=O) groups is 1. The Hall–Kier alpha value is -2.15. The van der Waals surface area contributed by atoms with Gasteiger partial charge in [-0.3, -0.25) is 4.79 Å². The van der Waals surface area contributed by atoms with E-state index in [4.69, 9.17) is 10.5 Å². The predicted octanol–water partition coefficient (Wildman–Crippen LogP) is 3.11. The number of ether oxygens (including phenoxy) is 1. The quantitative estimate of drug-likeness (QED) is 0.848. The van der Waals surface area contributed by atoms with Crippen molar-refractivity contribution in [3.63, 3.8) is 0 Å². The number of thiazole rings is 1. The van der Waals surface area contributed by atoms with Crippen LogP contribution in [-0.4, -0.2) is 16.4 Å². The van der Waals surface area contributed by atoms with E-state index in [0.29, 0.717) is 16.6 Å². The zero-order valence-corrected chi connectivity index (χ0v) is 13.5. The molecule has 0 aliphatic rings. The fourth-order valence-electron chi connectivity index (χ4n) is 1.72. The maximum Gasteiger partial charge on any atom is 0.278 e. The van der Waals surface area contributed by atoms with Crippen LogP contribution in [0.15, 0.2) is 23.6 Å². The van der Waals surface area contributed by atoms with Crippen LogP contribution < -0.4 is 15.8 Å². The molecule has 7 heteroatoms. The fraction of sp³-hybridized carbons (Fsp3) is 0.333. The number of aromatic nitrogens is 1. The Morgan fingerprint density at radius 1 is 1.45 bits per heavy atom. The monoisotopic (exact) mass is 323 g/mol. The Labute approximate surface area is 132 Å². The summed E-state index contributed by atoms with van der Waals surface area (Å²) in [5.74, 6) is -0.339. The summed E-state index contributed by atoms with van der Waals surface area (Å²) in [4.78, 5) is 16.0. The third-order valence-corrected chi connectivity index (χ3v) is 3.33. The molecule has 0 bridgehead atoms. The molecule has 1 heterocycles. The highest BCUT2D eigenvalue weighted by Gasteiger charge is 2.15. The summed E-state index contributed by atoms with van der Waals surface area (Å²) in [6.07, 6.45) is 0.174. The first-order valence-corrected chi connectivity index (χ1v) is 7.59. The zero-order valence-electron chi connectivity index (χ0n) is 12.6. The number of hydrogen-bond acceptors (Lipinski definition) is 5. The number of carbonyl (C=O) groups excluding carboxylic acids is 1. The smallest absolute Gasteiger partial charge is 0.278 e. The fourth-order valence-corrected chi connectivity index (χ4v) is 2.40. The maximum absolute atomic E-state index is 13.3. The number of halogens is 1. The third kappa shape index (κ3) is 4.70. The van der Waals surface area contributed by atoms with Crippen LogP contribution in [-0.2, 0) is 11.2 Å². The molecule has 118 valence electrons. The minimum Gasteiger partial charge on any atom is -0.431 e. The first kappa shape index (κ1) is 16.2. The summed E-state index contributed by atoms with van der Waals surface area (Å²) < 4.78 is 18.8. The molecule has 1 aromatic heterocycles. The molecular weight excluding hydrogens is 305 g/mol. The van der Waals surface area contributed by atoms with Gasteiger partial charge in [0.25, 0.3) is 5.19 Å². The van der Waals surface area contributed by atoms with Crippen LogP contribution in [0.4, 0.5) is 10.1 Å². The normalized spacial score (nSPS) is 11.3. The average Bonchev–Trinajstić information content (AvgIpc) is 2.78. The van der Waals surface area contributed by atoms with Gasteiger partial charge in [0.05, 0.1) is 17.8 Å². The van der Waals surface area contributed by atoms with Crippen molar-refractivity contribution in [2.45, 2.75) is 32.7 Å². The van der Waals surface area contributed by atoms with Crippen molar-refractivity contribution in [3.05, 3.63) is 35.1 Å². The summed E-state index contributed by atoms with van der Waals surface area (Å²) in [5.41, 5.74) is 5.79. The van der Waals surface area contributed by atoms with Crippen molar-refractivity contribution in [2.24, 2.45) is 0 Å². The lowest BCUT2D eigenvalue weighted by Crippen LogP contribution is -2.41. The van der Waals surface area contributed by atoms with Crippen molar-refractivity contribution in [1.29, 1.82) is 0 Å². The largest absolute Gasteiger partial charge is 0.431 e. The van der Waals surface area contributed by atoms with Crippen molar-refractivity contribution in [3.8, 4) is 10.9 Å². The molecule has 3 N–H and O–H groups in total. The van der Waals surface area contributed by atoms with Crippen LogP contribution in [0.3, 0.4) is 0 Å². The van der Waals surface area contributed by atoms with Gasteiger partial charge in [-0.05, 0) is 32.9 Å². The number of hydrogen-bond donors (Lipinski definition) is 2. The lowest BCUT2D eigenvalue weighted by atomic mass is 10.1. The molecule has 5 nitrogen and oxygen atoms in total. The van der Waals surface area contributed by atoms with Gasteiger partial charge in [0.1, 0.15) is 11.6 Å². The molecule has 22 heavy (non-hydrogen) atoms. The van der Waals surface area contributed by atoms with E-state index in [1.54, 1.807) is 11.4 Å². The maximum atomic E-state index is 13.3. The molecule has 0 aliphatic heterocycles. The molecule has 0 aliphatic carbocycles. The van der Waals surface area contributed by atoms with Crippen molar-refractivity contribution >= 4 is 22.9 Å². The van der Waals surface area contributed by atoms with Crippen molar-refractivity contribution in [2.75, 3.05) is 5.73 Å². The Bertz CT molecular complexity index is 680. The number of nitrogens with zero attached hydrogens (tertiary/aromatic N) is 1. The van der Waals surface area contributed by atoms with E-state index in [-0.39, 0.29) is 23.6 Å². The van der Waals surface area contributed by atoms with Crippen LogP contribution in [0.1, 0.15) is 26.5 Å². The highest BCUT2D eigenvalue weighted by Crippen LogP contribution is 2.27. The minimum absolute atomic E-state index is 0.0611. The Morgan fingerprint density at radius 3 is 2.82 bits per heavy atom. The second kappa shape index (κ2) is 6.31. The number of anilines is 1. The Morgan fingerprint density at radius 2 is 2.18 bits per heavy atom. The Balaban J connectivity index is 1.99. The number of amides is 1. The van der Waals surface area contributed by atoms with E-state index in [1.165, 1.54) is 23.5 Å². The molecule has 0 atom stereocenters. The summed E-state index contributed by atoms with van der Waals surface area (Å²) in [6, 6.07) is 4.18. The number of nitrogen functional groups attached to an aromatic ring is 1. The standard InChI is InChI=1S/C15H18FN3O2S/c1-15(2,3)19-13(20)6-9-8-22-14(18-9)21-10-4-5-12(17)11(16)7-10/h4-5,7-8H,6,17H2,1-3H3,(H,19,20). The highest BCUT2D eigenvalue weighted by molar-refractivity contribution is 7.11. The average molecular weight is 323 g/mol. The molecule has 0 fully saturated rings. The first-order valence-electron chi connectivity index (χ1n) is 6.71. The van der Waals surface area contributed by atoms with E-state index in [2.05, 4.69) is 10.3 Å². The van der Waals surface area contributed by atoms with E-state index in [1.807, 2.05) is 20.8 Å². The van der Waals surface area contributed by atoms with Gasteiger partial charge < -0.3 is 15.8 Å². The second-order valence-corrected chi connectivity index (χ2v) is 6.69. The molecule has 0 spiro atoms. The van der Waals surface area contributed by atoms with Gasteiger partial charge in [-0.25, -0.2) is 9.37 Å². The van der Waals surface area contributed by atoms with Crippen LogP contribution >= 0.6 is 11.3 Å². The number of rotatable bonds is 4. The molecule has 1 aromatic carbocycles. The van der Waals surface area contributed by atoms with Gasteiger partial charge in [0.2, 0.25) is 5.91 Å². The SMILES string of the molecule is CC(C)(C)NC(=O)Cc1csc(Oc2ccc(N)c(F)c2)n1. The van der Waals surface area contributed by atoms with Gasteiger partial charge in [-0.1, -0.05) is 11.3 Å². The molecule has 2 rings (SSSR count). The summed E-state index contributed by atoms with van der Waals surface area (Å²) >= 11 is 1.25. The van der Waals surface area contributed by atoms with E-state index in [0.717, 1.165) is 0 Å².